The molecule has 2 fully saturated rings. The van der Waals surface area contributed by atoms with E-state index >= 15 is 4.39 Å². The van der Waals surface area contributed by atoms with Crippen LogP contribution in [-0.4, -0.2) is 62.2 Å². The molecule has 0 amide bonds. The van der Waals surface area contributed by atoms with Crippen molar-refractivity contribution < 1.29 is 14.2 Å². The van der Waals surface area contributed by atoms with Gasteiger partial charge in [-0.3, -0.25) is 4.99 Å². The van der Waals surface area contributed by atoms with Crippen LogP contribution in [0, 0.1) is 5.92 Å². The second-order valence-electron chi connectivity index (χ2n) is 9.16. The average Bonchev–Trinajstić information content (AvgIpc) is 3.62. The van der Waals surface area contributed by atoms with Crippen molar-refractivity contribution in [2.45, 2.75) is 38.3 Å². The number of aliphatic imine (C=N–C) groups is 1. The van der Waals surface area contributed by atoms with Gasteiger partial charge in [0.2, 0.25) is 0 Å². The number of alkyl halides is 1. The van der Waals surface area contributed by atoms with E-state index in [-0.39, 0.29) is 6.61 Å². The Labute approximate surface area is 200 Å². The van der Waals surface area contributed by atoms with Gasteiger partial charge in [0.15, 0.2) is 11.5 Å². The third-order valence-electron chi connectivity index (χ3n) is 6.93. The molecule has 4 rings (SSSR count). The number of anilines is 2. The number of likely N-dealkylation sites (N-methyl/N-ethyl adjacent to an activating group) is 1. The second-order valence-corrected chi connectivity index (χ2v) is 9.16. The van der Waals surface area contributed by atoms with Crippen molar-refractivity contribution in [2.75, 3.05) is 50.2 Å². The Hall–Kier alpha value is -3.00. The molecular weight excluding hydrogens is 433 g/mol. The zero-order chi connectivity index (χ0) is 24.3. The number of benzene rings is 1. The van der Waals surface area contributed by atoms with Gasteiger partial charge in [0, 0.05) is 44.0 Å². The fourth-order valence-electron chi connectivity index (χ4n) is 4.59. The number of piperidine rings is 1. The van der Waals surface area contributed by atoms with E-state index in [4.69, 9.17) is 9.72 Å². The van der Waals surface area contributed by atoms with Crippen molar-refractivity contribution >= 4 is 29.1 Å². The van der Waals surface area contributed by atoms with Crippen molar-refractivity contribution in [3.63, 3.8) is 0 Å². The molecule has 0 atom stereocenters. The maximum atomic E-state index is 15.0. The molecule has 1 saturated heterocycles. The van der Waals surface area contributed by atoms with Crippen molar-refractivity contribution in [3.8, 4) is 0 Å². The Morgan fingerprint density at radius 3 is 2.71 bits per heavy atom. The zero-order valence-electron chi connectivity index (χ0n) is 20.3. The highest BCUT2D eigenvalue weighted by Crippen LogP contribution is 2.49. The van der Waals surface area contributed by atoms with Gasteiger partial charge < -0.3 is 19.6 Å². The third kappa shape index (κ3) is 4.92. The van der Waals surface area contributed by atoms with Crippen LogP contribution in [0.1, 0.15) is 38.4 Å². The van der Waals surface area contributed by atoms with Gasteiger partial charge in [0.1, 0.15) is 5.82 Å². The third-order valence-corrected chi connectivity index (χ3v) is 6.93. The standard InChI is InChI=1S/C26H34FN5O2/c1-18(34-4)21(7-12-28-2)19-8-13-32(14-9-19)24-22-17-20(31(3)15-16-33)5-6-23(22)29-25(30-24)26(27)10-11-26/h5-7,12,17,19,33H,2,8-11,13-16H2,1,3-4H3/b12-7-,21-18-. The van der Waals surface area contributed by atoms with Crippen molar-refractivity contribution in [2.24, 2.45) is 10.9 Å². The smallest absolute Gasteiger partial charge is 0.170 e. The first-order chi connectivity index (χ1) is 16.4. The van der Waals surface area contributed by atoms with Crippen LogP contribution >= 0.6 is 0 Å². The topological polar surface area (TPSA) is 74.1 Å². The predicted molar refractivity (Wildman–Crippen MR) is 135 cm³/mol. The Balaban J connectivity index is 1.67. The molecule has 1 saturated carbocycles. The summed E-state index contributed by atoms with van der Waals surface area (Å²) in [5, 5.41) is 10.3. The minimum atomic E-state index is -1.40. The van der Waals surface area contributed by atoms with Crippen molar-refractivity contribution in [3.05, 3.63) is 47.6 Å². The fraction of sp³-hybridized carbons (Fsp3) is 0.500. The normalized spacial score (nSPS) is 18.8. The number of aliphatic hydroxyl groups excluding tert-OH is 1. The number of allylic oxidation sites excluding steroid dienone is 3. The minimum Gasteiger partial charge on any atom is -0.501 e. The highest BCUT2D eigenvalue weighted by Gasteiger charge is 2.48. The van der Waals surface area contributed by atoms with Gasteiger partial charge in [-0.2, -0.15) is 0 Å². The first kappa shape index (κ1) is 24.1. The largest absolute Gasteiger partial charge is 0.501 e. The molecule has 0 bridgehead atoms. The molecule has 8 heteroatoms. The van der Waals surface area contributed by atoms with Crippen LogP contribution in [-0.2, 0) is 10.4 Å². The molecule has 0 spiro atoms. The lowest BCUT2D eigenvalue weighted by Gasteiger charge is -2.34. The fourth-order valence-corrected chi connectivity index (χ4v) is 4.59. The van der Waals surface area contributed by atoms with Gasteiger partial charge in [-0.05, 0) is 75.1 Å². The Bertz CT molecular complexity index is 1100. The number of halogens is 1. The van der Waals surface area contributed by atoms with Gasteiger partial charge in [0.25, 0.3) is 0 Å². The van der Waals surface area contributed by atoms with Crippen LogP contribution < -0.4 is 9.80 Å². The van der Waals surface area contributed by atoms with Gasteiger partial charge in [-0.1, -0.05) is 0 Å². The highest BCUT2D eigenvalue weighted by atomic mass is 19.1. The van der Waals surface area contributed by atoms with Crippen LogP contribution in [0.15, 0.2) is 46.8 Å². The number of ether oxygens (including phenoxy) is 1. The van der Waals surface area contributed by atoms with E-state index in [0.29, 0.717) is 31.1 Å². The van der Waals surface area contributed by atoms with Crippen LogP contribution in [0.2, 0.25) is 0 Å². The van der Waals surface area contributed by atoms with Gasteiger partial charge in [-0.15, -0.1) is 0 Å². The summed E-state index contributed by atoms with van der Waals surface area (Å²) in [6.45, 7) is 7.70. The van der Waals surface area contributed by atoms with E-state index in [1.54, 1.807) is 13.3 Å². The summed E-state index contributed by atoms with van der Waals surface area (Å²) in [4.78, 5) is 17.5. The molecule has 1 aliphatic heterocycles. The lowest BCUT2D eigenvalue weighted by molar-refractivity contribution is 0.281. The molecule has 7 nitrogen and oxygen atoms in total. The van der Waals surface area contributed by atoms with E-state index in [9.17, 15) is 5.11 Å². The summed E-state index contributed by atoms with van der Waals surface area (Å²) in [6, 6.07) is 5.95. The molecule has 1 aromatic heterocycles. The zero-order valence-corrected chi connectivity index (χ0v) is 20.3. The van der Waals surface area contributed by atoms with E-state index in [0.717, 1.165) is 59.7 Å². The number of aliphatic hydroxyl groups is 1. The monoisotopic (exact) mass is 467 g/mol. The summed E-state index contributed by atoms with van der Waals surface area (Å²) in [6.07, 6.45) is 6.48. The number of nitrogens with zero attached hydrogens (tertiary/aromatic N) is 5. The Morgan fingerprint density at radius 1 is 1.35 bits per heavy atom. The molecule has 1 aliphatic carbocycles. The number of methoxy groups -OCH3 is 1. The van der Waals surface area contributed by atoms with E-state index in [2.05, 4.69) is 21.6 Å². The first-order valence-electron chi connectivity index (χ1n) is 11.9. The molecule has 2 aliphatic rings. The van der Waals surface area contributed by atoms with E-state index < -0.39 is 5.67 Å². The maximum absolute atomic E-state index is 15.0. The molecular formula is C26H34FN5O2. The summed E-state index contributed by atoms with van der Waals surface area (Å²) in [7, 11) is 3.63. The number of hydrogen-bond acceptors (Lipinski definition) is 7. The maximum Gasteiger partial charge on any atom is 0.170 e. The van der Waals surface area contributed by atoms with Gasteiger partial charge >= 0.3 is 0 Å². The summed E-state index contributed by atoms with van der Waals surface area (Å²) >= 11 is 0. The second kappa shape index (κ2) is 10.1. The van der Waals surface area contributed by atoms with Crippen LogP contribution in [0.4, 0.5) is 15.9 Å². The number of fused-ring (bicyclic) bond motifs is 1. The number of rotatable bonds is 9. The lowest BCUT2D eigenvalue weighted by Crippen LogP contribution is -2.35. The lowest BCUT2D eigenvalue weighted by atomic mass is 9.88. The summed E-state index contributed by atoms with van der Waals surface area (Å²) in [5.74, 6) is 2.31. The van der Waals surface area contributed by atoms with E-state index in [1.807, 2.05) is 43.1 Å². The highest BCUT2D eigenvalue weighted by molar-refractivity contribution is 5.92. The molecule has 2 heterocycles. The van der Waals surface area contributed by atoms with Crippen molar-refractivity contribution in [1.82, 2.24) is 9.97 Å². The minimum absolute atomic E-state index is 0.0707. The quantitative estimate of drug-likeness (QED) is 0.335. The molecule has 0 unspecified atom stereocenters. The van der Waals surface area contributed by atoms with Crippen LogP contribution in [0.3, 0.4) is 0 Å². The summed E-state index contributed by atoms with van der Waals surface area (Å²) in [5.41, 5.74) is 1.46. The van der Waals surface area contributed by atoms with E-state index in [1.165, 1.54) is 0 Å². The Kier molecular flexibility index (Phi) is 7.16. The molecule has 2 aromatic rings. The molecule has 182 valence electrons. The van der Waals surface area contributed by atoms with Crippen molar-refractivity contribution in [1.29, 1.82) is 0 Å². The molecule has 34 heavy (non-hydrogen) atoms. The molecule has 0 radical (unpaired) electrons. The number of hydrogen-bond donors (Lipinski definition) is 1. The predicted octanol–water partition coefficient (Wildman–Crippen LogP) is 4.37. The SMILES string of the molecule is C=N/C=C\C(=C(/C)OC)C1CCN(c2nc(C3(F)CC3)nc3ccc(N(C)CCO)cc23)CC1. The molecule has 1 aromatic carbocycles. The van der Waals surface area contributed by atoms with Crippen LogP contribution in [0.5, 0.6) is 0 Å². The van der Waals surface area contributed by atoms with Crippen LogP contribution in [0.25, 0.3) is 10.9 Å². The first-order valence-corrected chi connectivity index (χ1v) is 11.9. The van der Waals surface area contributed by atoms with Gasteiger partial charge in [0.05, 0.1) is 25.0 Å². The van der Waals surface area contributed by atoms with Gasteiger partial charge in [-0.25, -0.2) is 14.4 Å². The Morgan fingerprint density at radius 2 is 2.09 bits per heavy atom. The average molecular weight is 468 g/mol. The number of aromatic nitrogens is 2. The molecule has 1 N–H and O–H groups in total. The summed E-state index contributed by atoms with van der Waals surface area (Å²) < 4.78 is 20.5.